The number of aromatic nitrogens is 1. The molecule has 0 aromatic carbocycles. The number of aliphatic hydroxyl groups excluding tert-OH is 1. The molecule has 4 nitrogen and oxygen atoms in total. The van der Waals surface area contributed by atoms with Gasteiger partial charge in [0.15, 0.2) is 0 Å². The summed E-state index contributed by atoms with van der Waals surface area (Å²) in [6.45, 7) is 2.58. The second-order valence-corrected chi connectivity index (χ2v) is 4.97. The number of hydrogen-bond acceptors (Lipinski definition) is 4. The van der Waals surface area contributed by atoms with Gasteiger partial charge in [0.25, 0.3) is 0 Å². The average molecular weight is 250 g/mol. The predicted octanol–water partition coefficient (Wildman–Crippen LogP) is 2.44. The van der Waals surface area contributed by atoms with E-state index in [0.717, 1.165) is 25.7 Å². The summed E-state index contributed by atoms with van der Waals surface area (Å²) in [5.74, 6) is 0. The molecule has 4 heteroatoms. The Hall–Kier alpha value is -1.13. The SMILES string of the molecule is CCOC1(C(O)c2cnccc2N)CCCCC1. The Morgan fingerprint density at radius 2 is 2.17 bits per heavy atom. The molecule has 1 atom stereocenters. The second kappa shape index (κ2) is 5.67. The zero-order valence-electron chi connectivity index (χ0n) is 10.9. The van der Waals surface area contributed by atoms with E-state index in [0.29, 0.717) is 17.9 Å². The van der Waals surface area contributed by atoms with Gasteiger partial charge in [0.1, 0.15) is 6.10 Å². The van der Waals surface area contributed by atoms with E-state index in [2.05, 4.69) is 4.98 Å². The molecular formula is C14H22N2O2. The van der Waals surface area contributed by atoms with Gasteiger partial charge in [-0.1, -0.05) is 19.3 Å². The molecule has 1 heterocycles. The highest BCUT2D eigenvalue weighted by Crippen LogP contribution is 2.42. The van der Waals surface area contributed by atoms with Crippen molar-refractivity contribution in [3.63, 3.8) is 0 Å². The fourth-order valence-corrected chi connectivity index (χ4v) is 2.86. The summed E-state index contributed by atoms with van der Waals surface area (Å²) in [5, 5.41) is 10.7. The van der Waals surface area contributed by atoms with Crippen LogP contribution in [0.5, 0.6) is 0 Å². The van der Waals surface area contributed by atoms with E-state index < -0.39 is 11.7 Å². The average Bonchev–Trinajstić information content (AvgIpc) is 2.40. The van der Waals surface area contributed by atoms with Crippen LogP contribution in [0.4, 0.5) is 5.69 Å². The summed E-state index contributed by atoms with van der Waals surface area (Å²) in [6, 6.07) is 1.72. The molecule has 2 rings (SSSR count). The summed E-state index contributed by atoms with van der Waals surface area (Å²) in [6.07, 6.45) is 7.77. The van der Waals surface area contributed by atoms with E-state index in [4.69, 9.17) is 10.5 Å². The van der Waals surface area contributed by atoms with Crippen LogP contribution in [-0.2, 0) is 4.74 Å². The molecule has 0 radical (unpaired) electrons. The van der Waals surface area contributed by atoms with Crippen molar-refractivity contribution in [3.05, 3.63) is 24.0 Å². The first-order valence-corrected chi connectivity index (χ1v) is 6.71. The van der Waals surface area contributed by atoms with Crippen LogP contribution >= 0.6 is 0 Å². The first kappa shape index (κ1) is 13.3. The summed E-state index contributed by atoms with van der Waals surface area (Å²) in [7, 11) is 0. The van der Waals surface area contributed by atoms with Gasteiger partial charge in [-0.2, -0.15) is 0 Å². The minimum absolute atomic E-state index is 0.482. The van der Waals surface area contributed by atoms with Crippen LogP contribution in [0, 0.1) is 0 Å². The molecule has 1 aliphatic carbocycles. The zero-order valence-corrected chi connectivity index (χ0v) is 10.9. The first-order valence-electron chi connectivity index (χ1n) is 6.71. The van der Waals surface area contributed by atoms with E-state index >= 15 is 0 Å². The van der Waals surface area contributed by atoms with E-state index in [1.807, 2.05) is 6.92 Å². The van der Waals surface area contributed by atoms with E-state index in [1.54, 1.807) is 18.5 Å². The Morgan fingerprint density at radius 3 is 2.78 bits per heavy atom. The molecule has 0 amide bonds. The summed E-state index contributed by atoms with van der Waals surface area (Å²) >= 11 is 0. The van der Waals surface area contributed by atoms with Crippen molar-refractivity contribution in [1.29, 1.82) is 0 Å². The Morgan fingerprint density at radius 1 is 1.44 bits per heavy atom. The molecule has 18 heavy (non-hydrogen) atoms. The van der Waals surface area contributed by atoms with Crippen LogP contribution in [0.15, 0.2) is 18.5 Å². The lowest BCUT2D eigenvalue weighted by Gasteiger charge is -2.41. The highest BCUT2D eigenvalue weighted by molar-refractivity contribution is 5.46. The topological polar surface area (TPSA) is 68.4 Å². The molecule has 1 aromatic rings. The molecule has 0 aliphatic heterocycles. The number of nitrogens with zero attached hydrogens (tertiary/aromatic N) is 1. The minimum atomic E-state index is -0.688. The van der Waals surface area contributed by atoms with Gasteiger partial charge in [-0.3, -0.25) is 4.98 Å². The molecule has 1 aromatic heterocycles. The maximum absolute atomic E-state index is 10.7. The number of rotatable bonds is 4. The number of nitrogens with two attached hydrogens (primary N) is 1. The van der Waals surface area contributed by atoms with Crippen molar-refractivity contribution in [3.8, 4) is 0 Å². The van der Waals surface area contributed by atoms with Crippen molar-refractivity contribution in [2.45, 2.75) is 50.7 Å². The van der Waals surface area contributed by atoms with Crippen LogP contribution in [0.3, 0.4) is 0 Å². The monoisotopic (exact) mass is 250 g/mol. The number of ether oxygens (including phenoxy) is 1. The summed E-state index contributed by atoms with van der Waals surface area (Å²) in [5.41, 5.74) is 6.72. The third kappa shape index (κ3) is 2.49. The Kier molecular flexibility index (Phi) is 4.19. The number of aliphatic hydroxyl groups is 1. The maximum Gasteiger partial charge on any atom is 0.111 e. The Balaban J connectivity index is 2.28. The van der Waals surface area contributed by atoms with Gasteiger partial charge in [0.05, 0.1) is 5.60 Å². The van der Waals surface area contributed by atoms with E-state index in [-0.39, 0.29) is 0 Å². The molecule has 3 N–H and O–H groups in total. The molecule has 1 unspecified atom stereocenters. The number of anilines is 1. The van der Waals surface area contributed by atoms with Crippen molar-refractivity contribution in [2.75, 3.05) is 12.3 Å². The lowest BCUT2D eigenvalue weighted by atomic mass is 9.78. The van der Waals surface area contributed by atoms with Crippen LogP contribution in [-0.4, -0.2) is 22.3 Å². The molecule has 0 bridgehead atoms. The largest absolute Gasteiger partial charge is 0.398 e. The predicted molar refractivity (Wildman–Crippen MR) is 71.1 cm³/mol. The van der Waals surface area contributed by atoms with Gasteiger partial charge < -0.3 is 15.6 Å². The molecular weight excluding hydrogens is 228 g/mol. The molecule has 1 saturated carbocycles. The van der Waals surface area contributed by atoms with Crippen LogP contribution in [0.1, 0.15) is 50.7 Å². The lowest BCUT2D eigenvalue weighted by Crippen LogP contribution is -2.41. The van der Waals surface area contributed by atoms with Gasteiger partial charge in [-0.05, 0) is 25.8 Å². The van der Waals surface area contributed by atoms with Gasteiger partial charge in [0, 0.05) is 30.3 Å². The number of pyridine rings is 1. The molecule has 1 aliphatic rings. The van der Waals surface area contributed by atoms with Crippen LogP contribution in [0.25, 0.3) is 0 Å². The van der Waals surface area contributed by atoms with Crippen molar-refractivity contribution < 1.29 is 9.84 Å². The van der Waals surface area contributed by atoms with Crippen LogP contribution in [0.2, 0.25) is 0 Å². The third-order valence-corrected chi connectivity index (χ3v) is 3.81. The van der Waals surface area contributed by atoms with Gasteiger partial charge in [-0.15, -0.1) is 0 Å². The Bertz CT molecular complexity index is 384. The lowest BCUT2D eigenvalue weighted by molar-refractivity contribution is -0.141. The smallest absolute Gasteiger partial charge is 0.111 e. The maximum atomic E-state index is 10.7. The normalized spacial score (nSPS) is 20.6. The van der Waals surface area contributed by atoms with Crippen molar-refractivity contribution >= 4 is 5.69 Å². The van der Waals surface area contributed by atoms with Crippen molar-refractivity contribution in [2.24, 2.45) is 0 Å². The van der Waals surface area contributed by atoms with E-state index in [1.165, 1.54) is 6.42 Å². The van der Waals surface area contributed by atoms with Gasteiger partial charge in [-0.25, -0.2) is 0 Å². The minimum Gasteiger partial charge on any atom is -0.398 e. The molecule has 1 fully saturated rings. The van der Waals surface area contributed by atoms with Crippen molar-refractivity contribution in [1.82, 2.24) is 4.98 Å². The van der Waals surface area contributed by atoms with Crippen LogP contribution < -0.4 is 5.73 Å². The second-order valence-electron chi connectivity index (χ2n) is 4.97. The fraction of sp³-hybridized carbons (Fsp3) is 0.643. The number of hydrogen-bond donors (Lipinski definition) is 2. The summed E-state index contributed by atoms with van der Waals surface area (Å²) in [4.78, 5) is 4.06. The van der Waals surface area contributed by atoms with E-state index in [9.17, 15) is 5.11 Å². The Labute approximate surface area is 108 Å². The molecule has 0 spiro atoms. The zero-order chi connectivity index (χ0) is 13.0. The third-order valence-electron chi connectivity index (χ3n) is 3.81. The quantitative estimate of drug-likeness (QED) is 0.861. The summed E-state index contributed by atoms with van der Waals surface area (Å²) < 4.78 is 5.91. The standard InChI is InChI=1S/C14H22N2O2/c1-2-18-14(7-4-3-5-8-14)13(17)11-10-16-9-6-12(11)15/h6,9-10,13,17H,2-5,7-8H2,1H3,(H2,15,16). The number of nitrogen functional groups attached to an aromatic ring is 1. The molecule has 100 valence electrons. The fourth-order valence-electron chi connectivity index (χ4n) is 2.86. The van der Waals surface area contributed by atoms with Gasteiger partial charge in [0.2, 0.25) is 0 Å². The first-order chi connectivity index (χ1) is 8.69. The van der Waals surface area contributed by atoms with Gasteiger partial charge >= 0.3 is 0 Å². The highest BCUT2D eigenvalue weighted by Gasteiger charge is 2.41. The highest BCUT2D eigenvalue weighted by atomic mass is 16.5. The molecule has 0 saturated heterocycles.